The van der Waals surface area contributed by atoms with Crippen LogP contribution in [-0.2, 0) is 15.0 Å². The summed E-state index contributed by atoms with van der Waals surface area (Å²) < 4.78 is 12.5. The van der Waals surface area contributed by atoms with Gasteiger partial charge < -0.3 is 15.1 Å². The van der Waals surface area contributed by atoms with Crippen LogP contribution in [-0.4, -0.2) is 31.2 Å². The van der Waals surface area contributed by atoms with Crippen LogP contribution < -0.4 is 0 Å². The first-order chi connectivity index (χ1) is 16.4. The second-order valence-electron chi connectivity index (χ2n) is 9.29. The number of aliphatic carboxylic acids is 1. The van der Waals surface area contributed by atoms with Gasteiger partial charge in [0.15, 0.2) is 0 Å². The molecule has 0 aliphatic rings. The molecule has 0 fully saturated rings. The quantitative estimate of drug-likeness (QED) is 0.306. The van der Waals surface area contributed by atoms with Gasteiger partial charge in [-0.05, 0) is 43.9 Å². The Morgan fingerprint density at radius 1 is 1.06 bits per heavy atom. The van der Waals surface area contributed by atoms with Gasteiger partial charge in [-0.1, -0.05) is 79.4 Å². The Morgan fingerprint density at radius 3 is 2.09 bits per heavy atom. The number of carboxylic acids is 1. The molecule has 3 rings (SSSR count). The fraction of sp³-hybridized carbons (Fsp3) is 0.286. The lowest BCUT2D eigenvalue weighted by Gasteiger charge is -2.39. The predicted octanol–water partition coefficient (Wildman–Crippen LogP) is 5.29. The van der Waals surface area contributed by atoms with E-state index in [1.54, 1.807) is 6.07 Å². The standard InChI is InChI=1S/C28H30NO5P/c1-7-28(26(30)31,35(33)34)27(6,32)24-22(21-14-18(4)13-19(5)15-21)16-23(29-25(24)17(2)3)20-11-9-8-10-12-20/h1,8-17,32,35H,2-6H3,(H,30,31)(H,33,34). The van der Waals surface area contributed by atoms with Crippen molar-refractivity contribution in [3.63, 3.8) is 0 Å². The third kappa shape index (κ3) is 4.56. The summed E-state index contributed by atoms with van der Waals surface area (Å²) in [5, 5.41) is 19.2. The number of hydrogen-bond acceptors (Lipinski definition) is 4. The summed E-state index contributed by atoms with van der Waals surface area (Å²) in [6, 6.07) is 17.1. The monoisotopic (exact) mass is 491 g/mol. The average molecular weight is 492 g/mol. The second kappa shape index (κ2) is 9.79. The van der Waals surface area contributed by atoms with Crippen LogP contribution in [0.4, 0.5) is 0 Å². The molecule has 0 saturated heterocycles. The van der Waals surface area contributed by atoms with E-state index in [0.717, 1.165) is 16.7 Å². The van der Waals surface area contributed by atoms with Gasteiger partial charge in [0.1, 0.15) is 5.60 Å². The van der Waals surface area contributed by atoms with E-state index in [9.17, 15) is 24.5 Å². The number of pyridine rings is 1. The van der Waals surface area contributed by atoms with Gasteiger partial charge in [0.05, 0.1) is 11.4 Å². The van der Waals surface area contributed by atoms with Gasteiger partial charge in [-0.15, -0.1) is 6.42 Å². The van der Waals surface area contributed by atoms with E-state index in [1.165, 1.54) is 6.92 Å². The maximum Gasteiger partial charge on any atom is 0.335 e. The van der Waals surface area contributed by atoms with Gasteiger partial charge in [0, 0.05) is 11.1 Å². The van der Waals surface area contributed by atoms with E-state index >= 15 is 0 Å². The molecule has 3 atom stereocenters. The molecule has 0 saturated carbocycles. The second-order valence-corrected chi connectivity index (χ2v) is 10.6. The molecule has 0 aliphatic heterocycles. The maximum atomic E-state index is 12.5. The van der Waals surface area contributed by atoms with Gasteiger partial charge in [-0.25, -0.2) is 4.79 Å². The van der Waals surface area contributed by atoms with Crippen LogP contribution in [0.2, 0.25) is 0 Å². The highest BCUT2D eigenvalue weighted by Gasteiger charge is 2.60. The fourth-order valence-electron chi connectivity index (χ4n) is 4.57. The zero-order chi connectivity index (χ0) is 26.1. The van der Waals surface area contributed by atoms with Crippen LogP contribution in [0.25, 0.3) is 22.4 Å². The lowest BCUT2D eigenvalue weighted by molar-refractivity contribution is -0.145. The molecule has 0 aliphatic carbocycles. The number of aliphatic hydroxyl groups is 1. The van der Waals surface area contributed by atoms with Crippen LogP contribution in [0.15, 0.2) is 54.6 Å². The first-order valence-corrected chi connectivity index (χ1v) is 12.6. The smallest absolute Gasteiger partial charge is 0.335 e. The van der Waals surface area contributed by atoms with Crippen molar-refractivity contribution in [3.05, 3.63) is 77.0 Å². The van der Waals surface area contributed by atoms with Gasteiger partial charge >= 0.3 is 5.97 Å². The predicted molar refractivity (Wildman–Crippen MR) is 139 cm³/mol. The van der Waals surface area contributed by atoms with E-state index in [-0.39, 0.29) is 11.5 Å². The highest BCUT2D eigenvalue weighted by atomic mass is 31.1. The third-order valence-electron chi connectivity index (χ3n) is 6.27. The molecule has 1 aromatic heterocycles. The van der Waals surface area contributed by atoms with Gasteiger partial charge in [-0.2, -0.15) is 0 Å². The van der Waals surface area contributed by atoms with Gasteiger partial charge in [0.25, 0.3) is 0 Å². The number of benzene rings is 2. The Labute approximate surface area is 206 Å². The SMILES string of the molecule is C#CC(C(=O)O)([PH](=O)O)C(C)(O)c1c(-c2cc(C)cc(C)c2)cc(-c2ccccc2)nc1C(C)C. The third-order valence-corrected chi connectivity index (χ3v) is 7.76. The average Bonchev–Trinajstić information content (AvgIpc) is 2.78. The van der Waals surface area contributed by atoms with Crippen molar-refractivity contribution in [2.45, 2.75) is 51.3 Å². The zero-order valence-electron chi connectivity index (χ0n) is 20.5. The molecule has 7 heteroatoms. The van der Waals surface area contributed by atoms with Crippen LogP contribution in [0.3, 0.4) is 0 Å². The number of rotatable bonds is 7. The lowest BCUT2D eigenvalue weighted by atomic mass is 9.75. The molecule has 3 N–H and O–H groups in total. The maximum absolute atomic E-state index is 12.5. The summed E-state index contributed by atoms with van der Waals surface area (Å²) >= 11 is 0. The number of aromatic nitrogens is 1. The van der Waals surface area contributed by atoms with Crippen molar-refractivity contribution in [2.24, 2.45) is 0 Å². The van der Waals surface area contributed by atoms with Gasteiger partial charge in [0.2, 0.25) is 13.2 Å². The van der Waals surface area contributed by atoms with E-state index in [2.05, 4.69) is 0 Å². The van der Waals surface area contributed by atoms with Crippen LogP contribution >= 0.6 is 8.03 Å². The topological polar surface area (TPSA) is 108 Å². The van der Waals surface area contributed by atoms with Crippen LogP contribution in [0.1, 0.15) is 49.1 Å². The minimum Gasteiger partial charge on any atom is -0.480 e. The van der Waals surface area contributed by atoms with Crippen molar-refractivity contribution in [1.82, 2.24) is 4.98 Å². The summed E-state index contributed by atoms with van der Waals surface area (Å²) in [7, 11) is -3.97. The number of carbonyl (C=O) groups is 1. The Balaban J connectivity index is 2.55. The Kier molecular flexibility index (Phi) is 7.38. The molecule has 0 amide bonds. The highest BCUT2D eigenvalue weighted by molar-refractivity contribution is 7.42. The van der Waals surface area contributed by atoms with E-state index in [4.69, 9.17) is 11.4 Å². The number of nitrogens with zero attached hydrogens (tertiary/aromatic N) is 1. The molecule has 0 radical (unpaired) electrons. The summed E-state index contributed by atoms with van der Waals surface area (Å²) in [4.78, 5) is 27.4. The highest BCUT2D eigenvalue weighted by Crippen LogP contribution is 2.52. The van der Waals surface area contributed by atoms with Crippen molar-refractivity contribution in [3.8, 4) is 34.7 Å². The molecule has 3 unspecified atom stereocenters. The largest absolute Gasteiger partial charge is 0.480 e. The summed E-state index contributed by atoms with van der Waals surface area (Å²) in [5.41, 5.74) is 2.72. The van der Waals surface area contributed by atoms with Crippen LogP contribution in [0.5, 0.6) is 0 Å². The van der Waals surface area contributed by atoms with Crippen LogP contribution in [0, 0.1) is 26.2 Å². The summed E-state index contributed by atoms with van der Waals surface area (Å²) in [5.74, 6) is -0.0416. The summed E-state index contributed by atoms with van der Waals surface area (Å²) in [6.07, 6.45) is 5.57. The fourth-order valence-corrected chi connectivity index (χ4v) is 5.42. The number of aryl methyl sites for hydroxylation is 2. The van der Waals surface area contributed by atoms with Crippen molar-refractivity contribution >= 4 is 14.0 Å². The number of carboxylic acid groups (broad SMARTS) is 1. The first kappa shape index (κ1) is 26.4. The molecule has 182 valence electrons. The minimum absolute atomic E-state index is 0.130. The van der Waals surface area contributed by atoms with E-state index in [1.807, 2.05) is 82.1 Å². The molecular formula is C28H30NO5P. The molecule has 3 aromatic rings. The number of hydrogen-bond donors (Lipinski definition) is 3. The molecule has 1 heterocycles. The normalized spacial score (nSPS) is 15.6. The summed E-state index contributed by atoms with van der Waals surface area (Å²) in [6.45, 7) is 8.79. The molecular weight excluding hydrogens is 461 g/mol. The zero-order valence-corrected chi connectivity index (χ0v) is 21.5. The van der Waals surface area contributed by atoms with E-state index < -0.39 is 24.8 Å². The molecule has 6 nitrogen and oxygen atoms in total. The lowest BCUT2D eigenvalue weighted by Crippen LogP contribution is -2.53. The molecule has 0 spiro atoms. The molecule has 35 heavy (non-hydrogen) atoms. The Hall–Kier alpha value is -3.23. The molecule has 0 bridgehead atoms. The first-order valence-electron chi connectivity index (χ1n) is 11.2. The minimum atomic E-state index is -3.97. The number of terminal acetylenes is 1. The Morgan fingerprint density at radius 2 is 1.63 bits per heavy atom. The van der Waals surface area contributed by atoms with Crippen molar-refractivity contribution < 1.29 is 24.5 Å². The van der Waals surface area contributed by atoms with Crippen molar-refractivity contribution in [2.75, 3.05) is 0 Å². The van der Waals surface area contributed by atoms with Gasteiger partial charge in [-0.3, -0.25) is 9.55 Å². The van der Waals surface area contributed by atoms with Crippen molar-refractivity contribution in [1.29, 1.82) is 0 Å². The van der Waals surface area contributed by atoms with E-state index in [0.29, 0.717) is 22.5 Å². The molecule has 2 aromatic carbocycles. The Bertz CT molecular complexity index is 1310.